The highest BCUT2D eigenvalue weighted by atomic mass is 16.1. The summed E-state index contributed by atoms with van der Waals surface area (Å²) in [6, 6.07) is 0.604. The number of likely N-dealkylation sites (tertiary alicyclic amines) is 1. The van der Waals surface area contributed by atoms with Gasteiger partial charge in [0.25, 0.3) is 0 Å². The van der Waals surface area contributed by atoms with Crippen LogP contribution in [0.3, 0.4) is 0 Å². The summed E-state index contributed by atoms with van der Waals surface area (Å²) in [4.78, 5) is 14.0. The summed E-state index contributed by atoms with van der Waals surface area (Å²) in [5, 5.41) is 0. The van der Waals surface area contributed by atoms with Crippen molar-refractivity contribution >= 4 is 5.78 Å². The molecule has 1 rings (SSSR count). The van der Waals surface area contributed by atoms with Gasteiger partial charge in [0, 0.05) is 25.0 Å². The van der Waals surface area contributed by atoms with Crippen LogP contribution >= 0.6 is 0 Å². The Morgan fingerprint density at radius 2 is 1.64 bits per heavy atom. The van der Waals surface area contributed by atoms with Crippen LogP contribution < -0.4 is 0 Å². The first-order valence-corrected chi connectivity index (χ1v) is 5.68. The lowest BCUT2D eigenvalue weighted by Crippen LogP contribution is -2.49. The molecule has 1 aliphatic rings. The van der Waals surface area contributed by atoms with E-state index in [0.717, 1.165) is 13.1 Å². The summed E-state index contributed by atoms with van der Waals surface area (Å²) in [5.41, 5.74) is 0. The molecule has 2 atom stereocenters. The van der Waals surface area contributed by atoms with Gasteiger partial charge in [0.1, 0.15) is 5.78 Å². The van der Waals surface area contributed by atoms with Crippen LogP contribution in [0.25, 0.3) is 0 Å². The third kappa shape index (κ3) is 2.35. The Labute approximate surface area is 87.7 Å². The quantitative estimate of drug-likeness (QED) is 0.676. The molecule has 0 N–H and O–H groups in total. The monoisotopic (exact) mass is 197 g/mol. The molecule has 1 aliphatic heterocycles. The molecule has 2 nitrogen and oxygen atoms in total. The maximum atomic E-state index is 11.5. The second-order valence-corrected chi connectivity index (χ2v) is 5.14. The standard InChI is InChI=1S/C12H23NO/c1-8(2)13-6-9(3)12(11(5)14)10(4)7-13/h8-10,12H,6-7H2,1-5H3/t9-,10-/m0/s1. The fraction of sp³-hybridized carbons (Fsp3) is 0.917. The molecule has 0 spiro atoms. The molecule has 0 radical (unpaired) electrons. The minimum absolute atomic E-state index is 0.282. The van der Waals surface area contributed by atoms with Crippen molar-refractivity contribution in [2.24, 2.45) is 17.8 Å². The normalized spacial score (nSPS) is 31.0. The molecule has 0 aliphatic carbocycles. The number of carbonyl (C=O) groups is 1. The van der Waals surface area contributed by atoms with E-state index in [2.05, 4.69) is 32.6 Å². The average molecular weight is 197 g/mol. The lowest BCUT2D eigenvalue weighted by atomic mass is 9.77. The molecule has 1 saturated heterocycles. The Morgan fingerprint density at radius 3 is 1.93 bits per heavy atom. The smallest absolute Gasteiger partial charge is 0.133 e. The fourth-order valence-corrected chi connectivity index (χ4v) is 2.83. The topological polar surface area (TPSA) is 20.3 Å². The van der Waals surface area contributed by atoms with Crippen molar-refractivity contribution in [3.63, 3.8) is 0 Å². The molecular formula is C12H23NO. The van der Waals surface area contributed by atoms with Gasteiger partial charge < -0.3 is 4.90 Å². The van der Waals surface area contributed by atoms with Crippen LogP contribution in [0.5, 0.6) is 0 Å². The SMILES string of the molecule is CC(=O)C1[C@@H](C)CN(C(C)C)C[C@@H]1C. The number of hydrogen-bond donors (Lipinski definition) is 0. The summed E-state index contributed by atoms with van der Waals surface area (Å²) >= 11 is 0. The molecule has 0 saturated carbocycles. The number of nitrogens with zero attached hydrogens (tertiary/aromatic N) is 1. The van der Waals surface area contributed by atoms with Crippen LogP contribution in [-0.2, 0) is 4.79 Å². The zero-order chi connectivity index (χ0) is 10.9. The predicted octanol–water partition coefficient (Wildman–Crippen LogP) is 2.19. The van der Waals surface area contributed by atoms with Gasteiger partial charge in [-0.1, -0.05) is 13.8 Å². The molecule has 0 amide bonds. The molecule has 0 bridgehead atoms. The zero-order valence-corrected chi connectivity index (χ0v) is 10.1. The molecule has 1 fully saturated rings. The van der Waals surface area contributed by atoms with E-state index in [1.807, 2.05) is 0 Å². The Morgan fingerprint density at radius 1 is 1.21 bits per heavy atom. The highest BCUT2D eigenvalue weighted by Gasteiger charge is 2.35. The van der Waals surface area contributed by atoms with Gasteiger partial charge in [-0.25, -0.2) is 0 Å². The van der Waals surface area contributed by atoms with E-state index >= 15 is 0 Å². The average Bonchev–Trinajstić information content (AvgIpc) is 2.01. The van der Waals surface area contributed by atoms with Gasteiger partial charge >= 0.3 is 0 Å². The van der Waals surface area contributed by atoms with Crippen LogP contribution in [-0.4, -0.2) is 29.8 Å². The maximum absolute atomic E-state index is 11.5. The summed E-state index contributed by atoms with van der Waals surface area (Å²) in [6.07, 6.45) is 0. The van der Waals surface area contributed by atoms with Crippen molar-refractivity contribution < 1.29 is 4.79 Å². The maximum Gasteiger partial charge on any atom is 0.133 e. The van der Waals surface area contributed by atoms with E-state index in [-0.39, 0.29) is 5.92 Å². The van der Waals surface area contributed by atoms with Gasteiger partial charge in [0.2, 0.25) is 0 Å². The highest BCUT2D eigenvalue weighted by molar-refractivity contribution is 5.79. The summed E-state index contributed by atoms with van der Waals surface area (Å²) < 4.78 is 0. The molecule has 0 aromatic carbocycles. The van der Waals surface area contributed by atoms with Gasteiger partial charge in [-0.2, -0.15) is 0 Å². The largest absolute Gasteiger partial charge is 0.300 e. The van der Waals surface area contributed by atoms with Crippen molar-refractivity contribution in [1.82, 2.24) is 4.90 Å². The lowest BCUT2D eigenvalue weighted by molar-refractivity contribution is -0.126. The first-order chi connectivity index (χ1) is 6.43. The van der Waals surface area contributed by atoms with Gasteiger partial charge in [0.15, 0.2) is 0 Å². The van der Waals surface area contributed by atoms with E-state index in [4.69, 9.17) is 0 Å². The van der Waals surface area contributed by atoms with Crippen molar-refractivity contribution in [3.8, 4) is 0 Å². The Hall–Kier alpha value is -0.370. The van der Waals surface area contributed by atoms with E-state index in [0.29, 0.717) is 23.7 Å². The van der Waals surface area contributed by atoms with Crippen molar-refractivity contribution in [1.29, 1.82) is 0 Å². The Kier molecular flexibility index (Phi) is 3.71. The minimum Gasteiger partial charge on any atom is -0.300 e. The van der Waals surface area contributed by atoms with Gasteiger partial charge in [-0.3, -0.25) is 4.79 Å². The summed E-state index contributed by atoms with van der Waals surface area (Å²) in [6.45, 7) is 12.8. The molecule has 14 heavy (non-hydrogen) atoms. The molecule has 82 valence electrons. The third-order valence-electron chi connectivity index (χ3n) is 3.47. The minimum atomic E-state index is 0.282. The Bertz CT molecular complexity index is 200. The zero-order valence-electron chi connectivity index (χ0n) is 10.1. The second kappa shape index (κ2) is 4.43. The summed E-state index contributed by atoms with van der Waals surface area (Å²) in [5.74, 6) is 1.68. The molecule has 0 aromatic heterocycles. The van der Waals surface area contributed by atoms with E-state index in [9.17, 15) is 4.79 Å². The molecular weight excluding hydrogens is 174 g/mol. The molecule has 0 aromatic rings. The van der Waals surface area contributed by atoms with Crippen LogP contribution in [0, 0.1) is 17.8 Å². The van der Waals surface area contributed by atoms with E-state index in [1.165, 1.54) is 0 Å². The van der Waals surface area contributed by atoms with Crippen LogP contribution in [0.2, 0.25) is 0 Å². The van der Waals surface area contributed by atoms with Crippen molar-refractivity contribution in [2.45, 2.75) is 40.7 Å². The Balaban J connectivity index is 2.68. The number of hydrogen-bond acceptors (Lipinski definition) is 2. The number of Topliss-reactive ketones (excluding diaryl/α,β-unsaturated/α-hetero) is 1. The second-order valence-electron chi connectivity index (χ2n) is 5.14. The number of ketones is 1. The highest BCUT2D eigenvalue weighted by Crippen LogP contribution is 2.29. The molecule has 0 unspecified atom stereocenters. The van der Waals surface area contributed by atoms with Gasteiger partial charge in [-0.05, 0) is 32.6 Å². The molecule has 1 heterocycles. The third-order valence-corrected chi connectivity index (χ3v) is 3.47. The van der Waals surface area contributed by atoms with Crippen molar-refractivity contribution in [3.05, 3.63) is 0 Å². The first-order valence-electron chi connectivity index (χ1n) is 5.68. The van der Waals surface area contributed by atoms with Gasteiger partial charge in [0.05, 0.1) is 0 Å². The van der Waals surface area contributed by atoms with Crippen molar-refractivity contribution in [2.75, 3.05) is 13.1 Å². The number of carbonyl (C=O) groups excluding carboxylic acids is 1. The lowest BCUT2D eigenvalue weighted by Gasteiger charge is -2.42. The van der Waals surface area contributed by atoms with Crippen LogP contribution in [0.15, 0.2) is 0 Å². The van der Waals surface area contributed by atoms with E-state index in [1.54, 1.807) is 6.92 Å². The number of piperidine rings is 1. The van der Waals surface area contributed by atoms with Gasteiger partial charge in [-0.15, -0.1) is 0 Å². The molecule has 2 heteroatoms. The van der Waals surface area contributed by atoms with Crippen LogP contribution in [0.4, 0.5) is 0 Å². The first kappa shape index (κ1) is 11.7. The van der Waals surface area contributed by atoms with Crippen LogP contribution in [0.1, 0.15) is 34.6 Å². The predicted molar refractivity (Wildman–Crippen MR) is 59.2 cm³/mol. The number of rotatable bonds is 2. The van der Waals surface area contributed by atoms with E-state index < -0.39 is 0 Å². The fourth-order valence-electron chi connectivity index (χ4n) is 2.83. The summed E-state index contributed by atoms with van der Waals surface area (Å²) in [7, 11) is 0.